The average molecular weight is 343 g/mol. The van der Waals surface area contributed by atoms with Gasteiger partial charge >= 0.3 is 0 Å². The van der Waals surface area contributed by atoms with Crippen LogP contribution in [0.3, 0.4) is 0 Å². The Morgan fingerprint density at radius 2 is 1.92 bits per heavy atom. The number of halogens is 1. The maximum Gasteiger partial charge on any atom is 0.254 e. The Morgan fingerprint density at radius 1 is 1.12 bits per heavy atom. The molecular formula is C19H19ClN2O2. The van der Waals surface area contributed by atoms with Gasteiger partial charge in [-0.25, -0.2) is 0 Å². The first kappa shape index (κ1) is 16.5. The van der Waals surface area contributed by atoms with Gasteiger partial charge in [0.15, 0.2) is 0 Å². The topological polar surface area (TPSA) is 49.4 Å². The van der Waals surface area contributed by atoms with Crippen molar-refractivity contribution in [3.05, 3.63) is 70.7 Å². The zero-order chi connectivity index (χ0) is 16.9. The molecule has 1 aliphatic heterocycles. The number of likely N-dealkylation sites (tertiary alicyclic amines) is 1. The molecule has 2 aromatic carbocycles. The molecule has 0 bridgehead atoms. The van der Waals surface area contributed by atoms with Gasteiger partial charge < -0.3 is 10.2 Å². The Bertz CT molecular complexity index is 733. The van der Waals surface area contributed by atoms with Crippen molar-refractivity contribution < 1.29 is 9.59 Å². The molecule has 0 unspecified atom stereocenters. The first-order chi connectivity index (χ1) is 11.6. The van der Waals surface area contributed by atoms with Gasteiger partial charge in [0, 0.05) is 23.7 Å². The zero-order valence-corrected chi connectivity index (χ0v) is 14.0. The van der Waals surface area contributed by atoms with Crippen LogP contribution < -0.4 is 5.32 Å². The van der Waals surface area contributed by atoms with Crippen LogP contribution in [0, 0.1) is 0 Å². The van der Waals surface area contributed by atoms with Crippen LogP contribution in [0.15, 0.2) is 54.6 Å². The summed E-state index contributed by atoms with van der Waals surface area (Å²) < 4.78 is 0. The van der Waals surface area contributed by atoms with Crippen molar-refractivity contribution in [3.8, 4) is 0 Å². The number of nitrogens with zero attached hydrogens (tertiary/aromatic N) is 1. The minimum absolute atomic E-state index is 0.105. The Morgan fingerprint density at radius 3 is 2.67 bits per heavy atom. The summed E-state index contributed by atoms with van der Waals surface area (Å²) in [7, 11) is 0. The first-order valence-corrected chi connectivity index (χ1v) is 8.41. The summed E-state index contributed by atoms with van der Waals surface area (Å²) in [6.07, 6.45) is 1.52. The Hall–Kier alpha value is -2.33. The van der Waals surface area contributed by atoms with Gasteiger partial charge in [-0.05, 0) is 36.6 Å². The van der Waals surface area contributed by atoms with E-state index >= 15 is 0 Å². The van der Waals surface area contributed by atoms with Gasteiger partial charge in [0.1, 0.15) is 6.04 Å². The van der Waals surface area contributed by atoms with E-state index in [0.29, 0.717) is 30.1 Å². The number of carbonyl (C=O) groups is 2. The molecular weight excluding hydrogens is 324 g/mol. The number of hydrogen-bond acceptors (Lipinski definition) is 2. The van der Waals surface area contributed by atoms with Crippen LogP contribution in [0.5, 0.6) is 0 Å². The molecule has 24 heavy (non-hydrogen) atoms. The highest BCUT2D eigenvalue weighted by Crippen LogP contribution is 2.22. The van der Waals surface area contributed by atoms with Gasteiger partial charge in [0.2, 0.25) is 5.91 Å². The van der Waals surface area contributed by atoms with E-state index in [2.05, 4.69) is 5.32 Å². The Balaban J connectivity index is 1.66. The molecule has 4 nitrogen and oxygen atoms in total. The molecule has 0 aliphatic carbocycles. The molecule has 2 aromatic rings. The average Bonchev–Trinajstić information content (AvgIpc) is 3.09. The Labute approximate surface area is 146 Å². The quantitative estimate of drug-likeness (QED) is 0.927. The summed E-state index contributed by atoms with van der Waals surface area (Å²) in [5, 5.41) is 3.45. The van der Waals surface area contributed by atoms with Gasteiger partial charge in [0.05, 0.1) is 0 Å². The molecule has 1 atom stereocenters. The van der Waals surface area contributed by atoms with Crippen LogP contribution in [0.2, 0.25) is 5.02 Å². The van der Waals surface area contributed by atoms with Crippen LogP contribution in [-0.4, -0.2) is 29.3 Å². The highest BCUT2D eigenvalue weighted by Gasteiger charge is 2.34. The molecule has 1 N–H and O–H groups in total. The van der Waals surface area contributed by atoms with Crippen molar-refractivity contribution in [2.24, 2.45) is 0 Å². The second-order valence-corrected chi connectivity index (χ2v) is 6.31. The van der Waals surface area contributed by atoms with E-state index in [1.807, 2.05) is 30.3 Å². The van der Waals surface area contributed by atoms with E-state index in [9.17, 15) is 9.59 Å². The Kier molecular flexibility index (Phi) is 5.16. The lowest BCUT2D eigenvalue weighted by Gasteiger charge is -2.24. The molecule has 1 fully saturated rings. The third kappa shape index (κ3) is 3.77. The molecule has 0 saturated carbocycles. The van der Waals surface area contributed by atoms with Crippen LogP contribution in [0.1, 0.15) is 28.8 Å². The fourth-order valence-electron chi connectivity index (χ4n) is 2.97. The number of benzene rings is 2. The van der Waals surface area contributed by atoms with E-state index in [1.54, 1.807) is 29.2 Å². The molecule has 1 heterocycles. The predicted molar refractivity (Wildman–Crippen MR) is 93.8 cm³/mol. The minimum atomic E-state index is -0.416. The van der Waals surface area contributed by atoms with E-state index < -0.39 is 6.04 Å². The van der Waals surface area contributed by atoms with Crippen LogP contribution in [-0.2, 0) is 11.3 Å². The maximum absolute atomic E-state index is 12.7. The molecule has 0 aromatic heterocycles. The van der Waals surface area contributed by atoms with Crippen molar-refractivity contribution >= 4 is 23.4 Å². The van der Waals surface area contributed by atoms with Gasteiger partial charge in [-0.3, -0.25) is 9.59 Å². The number of nitrogens with one attached hydrogen (secondary N) is 1. The lowest BCUT2D eigenvalue weighted by molar-refractivity contribution is -0.125. The van der Waals surface area contributed by atoms with E-state index in [1.165, 1.54) is 0 Å². The predicted octanol–water partition coefficient (Wildman–Crippen LogP) is 3.26. The van der Waals surface area contributed by atoms with Gasteiger partial charge in [-0.1, -0.05) is 48.0 Å². The lowest BCUT2D eigenvalue weighted by Crippen LogP contribution is -2.45. The van der Waals surface area contributed by atoms with Gasteiger partial charge in [-0.15, -0.1) is 0 Å². The summed E-state index contributed by atoms with van der Waals surface area (Å²) in [5.41, 5.74) is 1.56. The summed E-state index contributed by atoms with van der Waals surface area (Å²) in [4.78, 5) is 26.8. The SMILES string of the molecule is O=C(NCc1ccccc1)[C@@H]1CCCN1C(=O)c1cccc(Cl)c1. The second kappa shape index (κ2) is 7.49. The standard InChI is InChI=1S/C19H19ClN2O2/c20-16-9-4-8-15(12-16)19(24)22-11-5-10-17(22)18(23)21-13-14-6-2-1-3-7-14/h1-4,6-9,12,17H,5,10-11,13H2,(H,21,23)/t17-/m0/s1. The monoisotopic (exact) mass is 342 g/mol. The van der Waals surface area contributed by atoms with Crippen molar-refractivity contribution in [2.75, 3.05) is 6.54 Å². The third-order valence-corrected chi connectivity index (χ3v) is 4.43. The van der Waals surface area contributed by atoms with Crippen molar-refractivity contribution in [1.82, 2.24) is 10.2 Å². The van der Waals surface area contributed by atoms with Crippen molar-refractivity contribution in [3.63, 3.8) is 0 Å². The van der Waals surface area contributed by atoms with E-state index in [0.717, 1.165) is 12.0 Å². The minimum Gasteiger partial charge on any atom is -0.350 e. The van der Waals surface area contributed by atoms with Crippen LogP contribution in [0.4, 0.5) is 0 Å². The molecule has 3 rings (SSSR count). The summed E-state index contributed by atoms with van der Waals surface area (Å²) in [6.45, 7) is 1.06. The number of carbonyl (C=O) groups excluding carboxylic acids is 2. The van der Waals surface area contributed by atoms with Crippen molar-refractivity contribution in [2.45, 2.75) is 25.4 Å². The molecule has 1 aliphatic rings. The molecule has 0 radical (unpaired) electrons. The normalized spacial score (nSPS) is 16.9. The fourth-order valence-corrected chi connectivity index (χ4v) is 3.16. The highest BCUT2D eigenvalue weighted by molar-refractivity contribution is 6.31. The van der Waals surface area contributed by atoms with Gasteiger partial charge in [0.25, 0.3) is 5.91 Å². The molecule has 0 spiro atoms. The molecule has 2 amide bonds. The second-order valence-electron chi connectivity index (χ2n) is 5.87. The molecule has 5 heteroatoms. The van der Waals surface area contributed by atoms with Crippen molar-refractivity contribution in [1.29, 1.82) is 0 Å². The number of amides is 2. The summed E-state index contributed by atoms with van der Waals surface area (Å²) >= 11 is 5.96. The number of hydrogen-bond donors (Lipinski definition) is 1. The molecule has 1 saturated heterocycles. The largest absolute Gasteiger partial charge is 0.350 e. The van der Waals surface area contributed by atoms with Crippen LogP contribution in [0.25, 0.3) is 0 Å². The van der Waals surface area contributed by atoms with Gasteiger partial charge in [-0.2, -0.15) is 0 Å². The third-order valence-electron chi connectivity index (χ3n) is 4.20. The van der Waals surface area contributed by atoms with E-state index in [-0.39, 0.29) is 11.8 Å². The summed E-state index contributed by atoms with van der Waals surface area (Å²) in [6, 6.07) is 16.2. The van der Waals surface area contributed by atoms with Crippen LogP contribution >= 0.6 is 11.6 Å². The maximum atomic E-state index is 12.7. The first-order valence-electron chi connectivity index (χ1n) is 8.03. The number of rotatable bonds is 4. The van der Waals surface area contributed by atoms with E-state index in [4.69, 9.17) is 11.6 Å². The fraction of sp³-hybridized carbons (Fsp3) is 0.263. The molecule has 124 valence electrons. The summed E-state index contributed by atoms with van der Waals surface area (Å²) in [5.74, 6) is -0.249. The smallest absolute Gasteiger partial charge is 0.254 e. The zero-order valence-electron chi connectivity index (χ0n) is 13.2. The highest BCUT2D eigenvalue weighted by atomic mass is 35.5. The lowest BCUT2D eigenvalue weighted by atomic mass is 10.1.